The lowest BCUT2D eigenvalue weighted by atomic mass is 10.3. The van der Waals surface area contributed by atoms with Crippen LogP contribution in [0, 0.1) is 0 Å². The second-order valence-corrected chi connectivity index (χ2v) is 5.39. The number of nitrogens with one attached hydrogen (secondary N) is 1. The molecule has 1 aliphatic heterocycles. The second kappa shape index (κ2) is 5.61. The largest absolute Gasteiger partial charge is 0.361 e. The standard InChI is InChI=1S/C10H21N3S/c1-5-9-6-11-10(14-9)12-8(2)7-13(3)4/h8-9H,5-7H2,1-4H3,(H,11,12). The highest BCUT2D eigenvalue weighted by Gasteiger charge is 2.18. The molecule has 0 aromatic carbocycles. The fourth-order valence-electron chi connectivity index (χ4n) is 1.51. The first kappa shape index (κ1) is 11.9. The van der Waals surface area contributed by atoms with Crippen molar-refractivity contribution in [1.82, 2.24) is 10.2 Å². The zero-order valence-corrected chi connectivity index (χ0v) is 10.4. The molecular formula is C10H21N3S. The summed E-state index contributed by atoms with van der Waals surface area (Å²) in [7, 11) is 4.19. The van der Waals surface area contributed by atoms with Gasteiger partial charge in [0.1, 0.15) is 0 Å². The first-order chi connectivity index (χ1) is 6.61. The molecule has 0 spiro atoms. The lowest BCUT2D eigenvalue weighted by Gasteiger charge is -2.19. The summed E-state index contributed by atoms with van der Waals surface area (Å²) < 4.78 is 0. The van der Waals surface area contributed by atoms with Crippen molar-refractivity contribution in [3.05, 3.63) is 0 Å². The van der Waals surface area contributed by atoms with Gasteiger partial charge in [-0.1, -0.05) is 18.7 Å². The summed E-state index contributed by atoms with van der Waals surface area (Å²) in [4.78, 5) is 6.67. The van der Waals surface area contributed by atoms with Crippen LogP contribution >= 0.6 is 11.8 Å². The topological polar surface area (TPSA) is 27.6 Å². The third-order valence-electron chi connectivity index (χ3n) is 2.18. The smallest absolute Gasteiger partial charge is 0.157 e. The van der Waals surface area contributed by atoms with Crippen molar-refractivity contribution < 1.29 is 0 Å². The van der Waals surface area contributed by atoms with Gasteiger partial charge in [0.25, 0.3) is 0 Å². The van der Waals surface area contributed by atoms with Gasteiger partial charge in [-0.05, 0) is 27.4 Å². The molecule has 2 unspecified atom stereocenters. The van der Waals surface area contributed by atoms with Gasteiger partial charge in [0, 0.05) is 17.8 Å². The van der Waals surface area contributed by atoms with Crippen molar-refractivity contribution in [3.63, 3.8) is 0 Å². The third-order valence-corrected chi connectivity index (χ3v) is 3.47. The Morgan fingerprint density at radius 1 is 1.64 bits per heavy atom. The lowest BCUT2D eigenvalue weighted by Crippen LogP contribution is -2.38. The number of thioether (sulfide) groups is 1. The molecule has 14 heavy (non-hydrogen) atoms. The maximum Gasteiger partial charge on any atom is 0.157 e. The molecule has 0 aromatic rings. The molecule has 4 heteroatoms. The highest BCUT2D eigenvalue weighted by atomic mass is 32.2. The van der Waals surface area contributed by atoms with Crippen LogP contribution in [0.1, 0.15) is 20.3 Å². The predicted molar refractivity (Wildman–Crippen MR) is 65.1 cm³/mol. The fraction of sp³-hybridized carbons (Fsp3) is 0.900. The van der Waals surface area contributed by atoms with E-state index >= 15 is 0 Å². The maximum absolute atomic E-state index is 4.49. The maximum atomic E-state index is 4.49. The van der Waals surface area contributed by atoms with Crippen LogP contribution in [0.15, 0.2) is 4.99 Å². The Hall–Kier alpha value is -0.220. The van der Waals surface area contributed by atoms with E-state index in [1.165, 1.54) is 6.42 Å². The third kappa shape index (κ3) is 3.88. The number of rotatable bonds is 4. The summed E-state index contributed by atoms with van der Waals surface area (Å²) in [5.41, 5.74) is 0. The lowest BCUT2D eigenvalue weighted by molar-refractivity contribution is 0.370. The van der Waals surface area contributed by atoms with E-state index in [0.29, 0.717) is 11.3 Å². The Morgan fingerprint density at radius 2 is 2.36 bits per heavy atom. The summed E-state index contributed by atoms with van der Waals surface area (Å²) in [6.07, 6.45) is 1.21. The van der Waals surface area contributed by atoms with Crippen molar-refractivity contribution in [2.24, 2.45) is 4.99 Å². The highest BCUT2D eigenvalue weighted by molar-refractivity contribution is 8.14. The molecule has 0 bridgehead atoms. The van der Waals surface area contributed by atoms with Gasteiger partial charge in [0.15, 0.2) is 5.17 Å². The number of hydrogen-bond donors (Lipinski definition) is 1. The molecule has 2 atom stereocenters. The van der Waals surface area contributed by atoms with Gasteiger partial charge >= 0.3 is 0 Å². The summed E-state index contributed by atoms with van der Waals surface area (Å²) in [6.45, 7) is 6.45. The van der Waals surface area contributed by atoms with E-state index in [-0.39, 0.29) is 0 Å². The molecule has 1 heterocycles. The number of nitrogens with zero attached hydrogens (tertiary/aromatic N) is 2. The summed E-state index contributed by atoms with van der Waals surface area (Å²) in [6, 6.07) is 0.479. The van der Waals surface area contributed by atoms with E-state index < -0.39 is 0 Å². The van der Waals surface area contributed by atoms with Crippen LogP contribution < -0.4 is 5.32 Å². The van der Waals surface area contributed by atoms with E-state index in [1.54, 1.807) is 0 Å². The molecule has 0 saturated carbocycles. The SMILES string of the molecule is CCC1CN=C(NC(C)CN(C)C)S1. The van der Waals surface area contributed by atoms with E-state index in [4.69, 9.17) is 0 Å². The number of hydrogen-bond acceptors (Lipinski definition) is 4. The van der Waals surface area contributed by atoms with Gasteiger partial charge in [-0.2, -0.15) is 0 Å². The Labute approximate surface area is 91.3 Å². The van der Waals surface area contributed by atoms with E-state index in [9.17, 15) is 0 Å². The Balaban J connectivity index is 2.25. The molecule has 1 rings (SSSR count). The van der Waals surface area contributed by atoms with Crippen LogP contribution in [-0.4, -0.2) is 48.5 Å². The highest BCUT2D eigenvalue weighted by Crippen LogP contribution is 2.22. The molecule has 0 aromatic heterocycles. The van der Waals surface area contributed by atoms with Crippen molar-refractivity contribution in [2.75, 3.05) is 27.2 Å². The second-order valence-electron chi connectivity index (χ2n) is 4.10. The van der Waals surface area contributed by atoms with Crippen molar-refractivity contribution >= 4 is 16.9 Å². The molecule has 0 radical (unpaired) electrons. The van der Waals surface area contributed by atoms with Crippen LogP contribution in [0.2, 0.25) is 0 Å². The van der Waals surface area contributed by atoms with Gasteiger partial charge in [-0.3, -0.25) is 4.99 Å². The Kier molecular flexibility index (Phi) is 4.75. The van der Waals surface area contributed by atoms with Crippen LogP contribution in [0.4, 0.5) is 0 Å². The molecule has 82 valence electrons. The van der Waals surface area contributed by atoms with E-state index in [0.717, 1.165) is 18.3 Å². The van der Waals surface area contributed by atoms with Crippen LogP contribution in [0.25, 0.3) is 0 Å². The fourth-order valence-corrected chi connectivity index (χ4v) is 2.56. The molecule has 0 amide bonds. The van der Waals surface area contributed by atoms with Crippen molar-refractivity contribution in [2.45, 2.75) is 31.6 Å². The molecular weight excluding hydrogens is 194 g/mol. The summed E-state index contributed by atoms with van der Waals surface area (Å²) in [5.74, 6) is 0. The first-order valence-corrected chi connectivity index (χ1v) is 6.12. The molecule has 1 N–H and O–H groups in total. The van der Waals surface area contributed by atoms with Gasteiger partial charge < -0.3 is 10.2 Å². The van der Waals surface area contributed by atoms with Crippen molar-refractivity contribution in [1.29, 1.82) is 0 Å². The molecule has 0 fully saturated rings. The van der Waals surface area contributed by atoms with Crippen LogP contribution in [0.3, 0.4) is 0 Å². The molecule has 1 aliphatic rings. The van der Waals surface area contributed by atoms with Gasteiger partial charge in [0.05, 0.1) is 6.54 Å². The average molecular weight is 215 g/mol. The predicted octanol–water partition coefficient (Wildman–Crippen LogP) is 1.41. The van der Waals surface area contributed by atoms with E-state index in [2.05, 4.69) is 43.2 Å². The van der Waals surface area contributed by atoms with Gasteiger partial charge in [0.2, 0.25) is 0 Å². The Morgan fingerprint density at radius 3 is 2.86 bits per heavy atom. The van der Waals surface area contributed by atoms with Gasteiger partial charge in [-0.25, -0.2) is 0 Å². The molecule has 0 aliphatic carbocycles. The minimum absolute atomic E-state index is 0.479. The van der Waals surface area contributed by atoms with Crippen LogP contribution in [-0.2, 0) is 0 Å². The summed E-state index contributed by atoms with van der Waals surface area (Å²) in [5, 5.41) is 5.27. The molecule has 0 saturated heterocycles. The normalized spacial score (nSPS) is 23.8. The monoisotopic (exact) mass is 215 g/mol. The zero-order valence-electron chi connectivity index (χ0n) is 9.58. The first-order valence-electron chi connectivity index (χ1n) is 5.24. The molecule has 3 nitrogen and oxygen atoms in total. The number of likely N-dealkylation sites (N-methyl/N-ethyl adjacent to an activating group) is 1. The van der Waals surface area contributed by atoms with Crippen LogP contribution in [0.5, 0.6) is 0 Å². The summed E-state index contributed by atoms with van der Waals surface area (Å²) >= 11 is 1.89. The average Bonchev–Trinajstić information content (AvgIpc) is 2.50. The minimum atomic E-state index is 0.479. The quantitative estimate of drug-likeness (QED) is 0.768. The Bertz CT molecular complexity index is 204. The van der Waals surface area contributed by atoms with Gasteiger partial charge in [-0.15, -0.1) is 0 Å². The minimum Gasteiger partial charge on any atom is -0.361 e. The number of amidine groups is 1. The van der Waals surface area contributed by atoms with E-state index in [1.807, 2.05) is 11.8 Å². The van der Waals surface area contributed by atoms with Crippen molar-refractivity contribution in [3.8, 4) is 0 Å². The number of aliphatic imine (C=N–C) groups is 1. The zero-order chi connectivity index (χ0) is 10.6.